The normalized spacial score (nSPS) is 25.0. The van der Waals surface area contributed by atoms with Crippen molar-refractivity contribution in [2.75, 3.05) is 40.8 Å². The summed E-state index contributed by atoms with van der Waals surface area (Å²) in [5.41, 5.74) is 0. The van der Waals surface area contributed by atoms with Gasteiger partial charge in [-0.3, -0.25) is 0 Å². The quantitative estimate of drug-likeness (QED) is 0.852. The van der Waals surface area contributed by atoms with Gasteiger partial charge in [0.2, 0.25) is 0 Å². The zero-order valence-corrected chi connectivity index (χ0v) is 11.0. The highest BCUT2D eigenvalue weighted by Crippen LogP contribution is 2.22. The van der Waals surface area contributed by atoms with Crippen LogP contribution in [-0.4, -0.2) is 56.6 Å². The van der Waals surface area contributed by atoms with E-state index in [1.807, 2.05) is 19.2 Å². The highest BCUT2D eigenvalue weighted by molar-refractivity contribution is 5.05. The van der Waals surface area contributed by atoms with Gasteiger partial charge in [-0.05, 0) is 39.7 Å². The molecule has 1 saturated heterocycles. The summed E-state index contributed by atoms with van der Waals surface area (Å²) in [5.74, 6) is 1.04. The molecule has 1 N–H and O–H groups in total. The van der Waals surface area contributed by atoms with Crippen LogP contribution in [0.15, 0.2) is 22.8 Å². The molecule has 1 fully saturated rings. The summed E-state index contributed by atoms with van der Waals surface area (Å²) in [6.45, 7) is 3.45. The van der Waals surface area contributed by atoms with Gasteiger partial charge in [-0.25, -0.2) is 0 Å². The highest BCUT2D eigenvalue weighted by atomic mass is 16.3. The second-order valence-corrected chi connectivity index (χ2v) is 4.99. The molecule has 0 aromatic carbocycles. The maximum absolute atomic E-state index is 5.50. The molecule has 1 aromatic heterocycles. The molecule has 2 atom stereocenters. The van der Waals surface area contributed by atoms with E-state index in [1.54, 1.807) is 6.26 Å². The van der Waals surface area contributed by atoms with Gasteiger partial charge in [0.1, 0.15) is 5.76 Å². The fraction of sp³-hybridized carbons (Fsp3) is 0.692. The minimum atomic E-state index is 0.309. The Labute approximate surface area is 104 Å². The van der Waals surface area contributed by atoms with Gasteiger partial charge < -0.3 is 19.5 Å². The van der Waals surface area contributed by atoms with Gasteiger partial charge in [0, 0.05) is 25.7 Å². The van der Waals surface area contributed by atoms with Crippen molar-refractivity contribution in [1.82, 2.24) is 15.1 Å². The Morgan fingerprint density at radius 2 is 2.29 bits per heavy atom. The molecule has 1 aliphatic heterocycles. The first-order chi connectivity index (χ1) is 8.20. The number of rotatable bonds is 4. The smallest absolute Gasteiger partial charge is 0.120 e. The fourth-order valence-electron chi connectivity index (χ4n) is 2.49. The van der Waals surface area contributed by atoms with E-state index in [2.05, 4.69) is 29.2 Å². The molecule has 4 heteroatoms. The van der Waals surface area contributed by atoms with Crippen molar-refractivity contribution in [1.29, 1.82) is 0 Å². The van der Waals surface area contributed by atoms with Crippen molar-refractivity contribution < 1.29 is 4.42 Å². The Morgan fingerprint density at radius 3 is 2.94 bits per heavy atom. The zero-order chi connectivity index (χ0) is 12.3. The van der Waals surface area contributed by atoms with Crippen LogP contribution >= 0.6 is 0 Å². The molecule has 0 amide bonds. The van der Waals surface area contributed by atoms with E-state index in [0.29, 0.717) is 12.1 Å². The number of likely N-dealkylation sites (N-methyl/N-ethyl adjacent to an activating group) is 2. The maximum Gasteiger partial charge on any atom is 0.120 e. The summed E-state index contributed by atoms with van der Waals surface area (Å²) in [6, 6.07) is 4.91. The van der Waals surface area contributed by atoms with E-state index < -0.39 is 0 Å². The van der Waals surface area contributed by atoms with E-state index in [0.717, 1.165) is 31.8 Å². The van der Waals surface area contributed by atoms with Crippen molar-refractivity contribution in [3.63, 3.8) is 0 Å². The van der Waals surface area contributed by atoms with E-state index in [-0.39, 0.29) is 0 Å². The number of nitrogens with zero attached hydrogens (tertiary/aromatic N) is 2. The fourth-order valence-corrected chi connectivity index (χ4v) is 2.49. The van der Waals surface area contributed by atoms with Crippen molar-refractivity contribution >= 4 is 0 Å². The lowest BCUT2D eigenvalue weighted by molar-refractivity contribution is 0.0996. The summed E-state index contributed by atoms with van der Waals surface area (Å²) >= 11 is 0. The zero-order valence-electron chi connectivity index (χ0n) is 11.0. The van der Waals surface area contributed by atoms with Crippen molar-refractivity contribution in [3.8, 4) is 0 Å². The van der Waals surface area contributed by atoms with E-state index in [4.69, 9.17) is 4.42 Å². The summed E-state index contributed by atoms with van der Waals surface area (Å²) in [4.78, 5) is 4.85. The monoisotopic (exact) mass is 237 g/mol. The molecule has 2 rings (SSSR count). The molecular weight excluding hydrogens is 214 g/mol. The van der Waals surface area contributed by atoms with E-state index in [9.17, 15) is 0 Å². The van der Waals surface area contributed by atoms with Crippen molar-refractivity contribution in [2.45, 2.75) is 18.5 Å². The largest absolute Gasteiger partial charge is 0.468 e. The number of nitrogens with one attached hydrogen (secondary N) is 1. The third-order valence-corrected chi connectivity index (χ3v) is 3.72. The molecule has 4 nitrogen and oxygen atoms in total. The summed E-state index contributed by atoms with van der Waals surface area (Å²) in [7, 11) is 6.41. The first kappa shape index (κ1) is 12.6. The van der Waals surface area contributed by atoms with Crippen LogP contribution in [0.1, 0.15) is 18.2 Å². The first-order valence-corrected chi connectivity index (χ1v) is 6.30. The number of piperazine rings is 1. The molecule has 1 aliphatic rings. The van der Waals surface area contributed by atoms with Crippen LogP contribution < -0.4 is 5.32 Å². The minimum Gasteiger partial charge on any atom is -0.468 e. The average Bonchev–Trinajstić information content (AvgIpc) is 2.84. The average molecular weight is 237 g/mol. The molecular formula is C13H23N3O. The summed E-state index contributed by atoms with van der Waals surface area (Å²) in [6.07, 6.45) is 2.83. The van der Waals surface area contributed by atoms with Gasteiger partial charge in [0.25, 0.3) is 0 Å². The van der Waals surface area contributed by atoms with Crippen LogP contribution in [-0.2, 0) is 0 Å². The molecule has 17 heavy (non-hydrogen) atoms. The number of hydrogen-bond donors (Lipinski definition) is 1. The topological polar surface area (TPSA) is 31.6 Å². The maximum atomic E-state index is 5.50. The predicted octanol–water partition coefficient (Wildman–Crippen LogP) is 1.18. The lowest BCUT2D eigenvalue weighted by Crippen LogP contribution is -2.50. The van der Waals surface area contributed by atoms with Crippen LogP contribution in [0.4, 0.5) is 0 Å². The lowest BCUT2D eigenvalue weighted by atomic mass is 10.0. The molecule has 0 spiro atoms. The first-order valence-electron chi connectivity index (χ1n) is 6.30. The third kappa shape index (κ3) is 3.09. The Bertz CT molecular complexity index is 325. The van der Waals surface area contributed by atoms with Crippen LogP contribution in [0.25, 0.3) is 0 Å². The molecule has 0 bridgehead atoms. The van der Waals surface area contributed by atoms with Gasteiger partial charge in [0.05, 0.1) is 12.3 Å². The van der Waals surface area contributed by atoms with Gasteiger partial charge in [-0.1, -0.05) is 0 Å². The van der Waals surface area contributed by atoms with Crippen molar-refractivity contribution in [2.24, 2.45) is 0 Å². The molecule has 0 saturated carbocycles. The molecule has 0 radical (unpaired) electrons. The second kappa shape index (κ2) is 5.67. The van der Waals surface area contributed by atoms with Gasteiger partial charge in [-0.2, -0.15) is 0 Å². The van der Waals surface area contributed by atoms with E-state index >= 15 is 0 Å². The number of hydrogen-bond acceptors (Lipinski definition) is 4. The van der Waals surface area contributed by atoms with Gasteiger partial charge in [-0.15, -0.1) is 0 Å². The predicted molar refractivity (Wildman–Crippen MR) is 69.0 cm³/mol. The van der Waals surface area contributed by atoms with Crippen molar-refractivity contribution in [3.05, 3.63) is 24.2 Å². The molecule has 2 heterocycles. The van der Waals surface area contributed by atoms with Crippen LogP contribution in [0.3, 0.4) is 0 Å². The standard InChI is InChI=1S/C13H23N3O/c1-14-12(13-5-4-8-17-13)9-11-10-15(2)6-7-16(11)3/h4-5,8,11-12,14H,6-7,9-10H2,1-3H3. The second-order valence-electron chi connectivity index (χ2n) is 4.99. The highest BCUT2D eigenvalue weighted by Gasteiger charge is 2.26. The molecule has 2 unspecified atom stereocenters. The van der Waals surface area contributed by atoms with Crippen LogP contribution in [0.5, 0.6) is 0 Å². The summed E-state index contributed by atoms with van der Waals surface area (Å²) in [5, 5.41) is 3.35. The Hall–Kier alpha value is -0.840. The Kier molecular flexibility index (Phi) is 4.20. The molecule has 96 valence electrons. The molecule has 1 aromatic rings. The van der Waals surface area contributed by atoms with Gasteiger partial charge >= 0.3 is 0 Å². The van der Waals surface area contributed by atoms with E-state index in [1.165, 1.54) is 0 Å². The SMILES string of the molecule is CNC(CC1CN(C)CCN1C)c1ccco1. The lowest BCUT2D eigenvalue weighted by Gasteiger charge is -2.39. The Balaban J connectivity index is 1.98. The van der Waals surface area contributed by atoms with Crippen LogP contribution in [0, 0.1) is 0 Å². The summed E-state index contributed by atoms with van der Waals surface area (Å²) < 4.78 is 5.50. The Morgan fingerprint density at radius 1 is 1.47 bits per heavy atom. The molecule has 0 aliphatic carbocycles. The number of furan rings is 1. The minimum absolute atomic E-state index is 0.309. The van der Waals surface area contributed by atoms with Gasteiger partial charge in [0.15, 0.2) is 0 Å². The van der Waals surface area contributed by atoms with Crippen LogP contribution in [0.2, 0.25) is 0 Å². The third-order valence-electron chi connectivity index (χ3n) is 3.72.